The number of rotatable bonds is 5. The largest absolute Gasteiger partial charge is 0.368 e. The number of pyridine rings is 1. The van der Waals surface area contributed by atoms with Crippen molar-refractivity contribution in [2.75, 3.05) is 23.7 Å². The lowest BCUT2D eigenvalue weighted by atomic mass is 10.4. The standard InChI is InChI=1S/C13H14N6/c1-10-3-2-4-12(19-10)16-6-8-18-13-11(9-14)15-5-7-17-13/h2-5,7H,6,8H2,1H3,(H,16,19)(H,17,18). The van der Waals surface area contributed by atoms with E-state index in [4.69, 9.17) is 5.26 Å². The van der Waals surface area contributed by atoms with Crippen molar-refractivity contribution >= 4 is 11.6 Å². The number of nitrogens with zero attached hydrogens (tertiary/aromatic N) is 4. The first-order valence-corrected chi connectivity index (χ1v) is 5.92. The molecule has 0 spiro atoms. The topological polar surface area (TPSA) is 86.5 Å². The normalized spacial score (nSPS) is 9.68. The van der Waals surface area contributed by atoms with Crippen molar-refractivity contribution in [2.45, 2.75) is 6.92 Å². The van der Waals surface area contributed by atoms with Gasteiger partial charge in [-0.05, 0) is 19.1 Å². The molecular formula is C13H14N6. The van der Waals surface area contributed by atoms with Gasteiger partial charge >= 0.3 is 0 Å². The molecule has 0 saturated carbocycles. The minimum atomic E-state index is 0.302. The van der Waals surface area contributed by atoms with E-state index in [1.165, 1.54) is 6.20 Å². The van der Waals surface area contributed by atoms with Gasteiger partial charge in [-0.1, -0.05) is 6.07 Å². The second-order valence-corrected chi connectivity index (χ2v) is 3.88. The van der Waals surface area contributed by atoms with Crippen LogP contribution in [0.2, 0.25) is 0 Å². The number of nitrogens with one attached hydrogen (secondary N) is 2. The van der Waals surface area contributed by atoms with Crippen LogP contribution in [0.1, 0.15) is 11.4 Å². The van der Waals surface area contributed by atoms with Gasteiger partial charge in [-0.3, -0.25) is 0 Å². The van der Waals surface area contributed by atoms with Crippen LogP contribution < -0.4 is 10.6 Å². The Kier molecular flexibility index (Phi) is 4.24. The summed E-state index contributed by atoms with van der Waals surface area (Å²) in [5, 5.41) is 15.1. The second-order valence-electron chi connectivity index (χ2n) is 3.88. The van der Waals surface area contributed by atoms with Crippen molar-refractivity contribution in [2.24, 2.45) is 0 Å². The fraction of sp³-hybridized carbons (Fsp3) is 0.231. The van der Waals surface area contributed by atoms with Gasteiger partial charge in [0.15, 0.2) is 11.5 Å². The number of aryl methyl sites for hydroxylation is 1. The predicted molar refractivity (Wildman–Crippen MR) is 72.7 cm³/mol. The molecular weight excluding hydrogens is 240 g/mol. The molecule has 6 nitrogen and oxygen atoms in total. The third-order valence-corrected chi connectivity index (χ3v) is 2.42. The van der Waals surface area contributed by atoms with E-state index in [2.05, 4.69) is 25.6 Å². The summed E-state index contributed by atoms with van der Waals surface area (Å²) in [5.41, 5.74) is 1.27. The molecule has 96 valence electrons. The minimum absolute atomic E-state index is 0.302. The molecule has 0 aliphatic carbocycles. The Morgan fingerprint density at radius 1 is 1.16 bits per heavy atom. The monoisotopic (exact) mass is 254 g/mol. The molecule has 0 aliphatic rings. The third kappa shape index (κ3) is 3.64. The van der Waals surface area contributed by atoms with Crippen molar-refractivity contribution in [3.05, 3.63) is 42.0 Å². The highest BCUT2D eigenvalue weighted by Crippen LogP contribution is 2.06. The first-order chi connectivity index (χ1) is 9.29. The molecule has 0 aliphatic heterocycles. The van der Waals surface area contributed by atoms with E-state index in [-0.39, 0.29) is 0 Å². The van der Waals surface area contributed by atoms with Crippen LogP contribution in [0.4, 0.5) is 11.6 Å². The Morgan fingerprint density at radius 3 is 2.74 bits per heavy atom. The first-order valence-electron chi connectivity index (χ1n) is 5.92. The molecule has 2 rings (SSSR count). The lowest BCUT2D eigenvalue weighted by molar-refractivity contribution is 1.02. The zero-order valence-electron chi connectivity index (χ0n) is 10.6. The maximum absolute atomic E-state index is 8.87. The summed E-state index contributed by atoms with van der Waals surface area (Å²) in [7, 11) is 0. The lowest BCUT2D eigenvalue weighted by Crippen LogP contribution is -2.16. The molecule has 0 radical (unpaired) electrons. The van der Waals surface area contributed by atoms with Gasteiger partial charge in [-0.15, -0.1) is 0 Å². The highest BCUT2D eigenvalue weighted by atomic mass is 15.1. The van der Waals surface area contributed by atoms with Crippen molar-refractivity contribution in [1.29, 1.82) is 5.26 Å². The molecule has 0 aromatic carbocycles. The molecule has 0 unspecified atom stereocenters. The van der Waals surface area contributed by atoms with Crippen molar-refractivity contribution < 1.29 is 0 Å². The van der Waals surface area contributed by atoms with Crippen LogP contribution in [0.3, 0.4) is 0 Å². The molecule has 0 saturated heterocycles. The minimum Gasteiger partial charge on any atom is -0.368 e. The molecule has 0 bridgehead atoms. The van der Waals surface area contributed by atoms with Crippen LogP contribution in [-0.2, 0) is 0 Å². The van der Waals surface area contributed by atoms with Crippen molar-refractivity contribution in [3.8, 4) is 6.07 Å². The SMILES string of the molecule is Cc1cccc(NCCNc2nccnc2C#N)n1. The Morgan fingerprint density at radius 2 is 1.95 bits per heavy atom. The van der Waals surface area contributed by atoms with Gasteiger partial charge < -0.3 is 10.6 Å². The molecule has 2 heterocycles. The van der Waals surface area contributed by atoms with Gasteiger partial charge in [0.05, 0.1) is 0 Å². The number of hydrogen-bond donors (Lipinski definition) is 2. The summed E-state index contributed by atoms with van der Waals surface area (Å²) >= 11 is 0. The Labute approximate surface area is 111 Å². The quantitative estimate of drug-likeness (QED) is 0.788. The maximum Gasteiger partial charge on any atom is 0.182 e. The highest BCUT2D eigenvalue weighted by molar-refractivity contribution is 5.46. The molecule has 2 aromatic heterocycles. The Hall–Kier alpha value is -2.68. The number of nitriles is 1. The molecule has 19 heavy (non-hydrogen) atoms. The molecule has 0 amide bonds. The Bertz CT molecular complexity index is 590. The van der Waals surface area contributed by atoms with Gasteiger partial charge in [-0.25, -0.2) is 15.0 Å². The van der Waals surface area contributed by atoms with Gasteiger partial charge in [0, 0.05) is 31.2 Å². The Balaban J connectivity index is 1.83. The van der Waals surface area contributed by atoms with E-state index in [9.17, 15) is 0 Å². The van der Waals surface area contributed by atoms with E-state index in [0.29, 0.717) is 24.6 Å². The molecule has 0 fully saturated rings. The average molecular weight is 254 g/mol. The van der Waals surface area contributed by atoms with E-state index in [1.54, 1.807) is 6.20 Å². The van der Waals surface area contributed by atoms with Gasteiger partial charge in [-0.2, -0.15) is 5.26 Å². The summed E-state index contributed by atoms with van der Waals surface area (Å²) in [6.45, 7) is 3.25. The molecule has 2 aromatic rings. The summed E-state index contributed by atoms with van der Waals surface area (Å²) in [5.74, 6) is 1.34. The summed E-state index contributed by atoms with van der Waals surface area (Å²) in [6.07, 6.45) is 3.05. The fourth-order valence-corrected chi connectivity index (χ4v) is 1.56. The number of aromatic nitrogens is 3. The second kappa shape index (κ2) is 6.31. The van der Waals surface area contributed by atoms with E-state index in [0.717, 1.165) is 11.5 Å². The van der Waals surface area contributed by atoms with Crippen molar-refractivity contribution in [3.63, 3.8) is 0 Å². The predicted octanol–water partition coefficient (Wildman–Crippen LogP) is 1.58. The zero-order chi connectivity index (χ0) is 13.5. The van der Waals surface area contributed by atoms with Gasteiger partial charge in [0.25, 0.3) is 0 Å². The maximum atomic E-state index is 8.87. The first kappa shape index (κ1) is 12.8. The molecule has 2 N–H and O–H groups in total. The highest BCUT2D eigenvalue weighted by Gasteiger charge is 2.02. The van der Waals surface area contributed by atoms with E-state index >= 15 is 0 Å². The van der Waals surface area contributed by atoms with Crippen LogP contribution in [-0.4, -0.2) is 28.0 Å². The zero-order valence-corrected chi connectivity index (χ0v) is 10.6. The van der Waals surface area contributed by atoms with Crippen LogP contribution in [0.15, 0.2) is 30.6 Å². The summed E-state index contributed by atoms with van der Waals surface area (Å²) < 4.78 is 0. The van der Waals surface area contributed by atoms with Gasteiger partial charge in [0.2, 0.25) is 0 Å². The average Bonchev–Trinajstić information content (AvgIpc) is 2.44. The van der Waals surface area contributed by atoms with Crippen LogP contribution in [0, 0.1) is 18.3 Å². The number of hydrogen-bond acceptors (Lipinski definition) is 6. The number of anilines is 2. The van der Waals surface area contributed by atoms with E-state index < -0.39 is 0 Å². The third-order valence-electron chi connectivity index (χ3n) is 2.42. The van der Waals surface area contributed by atoms with E-state index in [1.807, 2.05) is 31.2 Å². The van der Waals surface area contributed by atoms with Crippen LogP contribution >= 0.6 is 0 Å². The molecule has 6 heteroatoms. The lowest BCUT2D eigenvalue weighted by Gasteiger charge is -2.08. The van der Waals surface area contributed by atoms with Crippen molar-refractivity contribution in [1.82, 2.24) is 15.0 Å². The van der Waals surface area contributed by atoms with Crippen LogP contribution in [0.5, 0.6) is 0 Å². The smallest absolute Gasteiger partial charge is 0.182 e. The van der Waals surface area contributed by atoms with Gasteiger partial charge in [0.1, 0.15) is 11.9 Å². The molecule has 0 atom stereocenters. The summed E-state index contributed by atoms with van der Waals surface area (Å²) in [4.78, 5) is 12.3. The fourth-order valence-electron chi connectivity index (χ4n) is 1.56. The summed E-state index contributed by atoms with van der Waals surface area (Å²) in [6, 6.07) is 7.81. The van der Waals surface area contributed by atoms with Crippen LogP contribution in [0.25, 0.3) is 0 Å².